The summed E-state index contributed by atoms with van der Waals surface area (Å²) in [5.41, 5.74) is 1.28. The van der Waals surface area contributed by atoms with E-state index >= 15 is 0 Å². The van der Waals surface area contributed by atoms with Crippen LogP contribution < -0.4 is 10.6 Å². The standard InChI is InChI=1S/C18H22Cl2N4O/c1-11(2)10-22-17-9-16(23-12(3)24-17)18(25)21-7-6-13-4-5-14(19)8-15(13)20/h4-5,8-9,11H,6-7,10H2,1-3H3,(H,21,25)(H,22,23,24). The van der Waals surface area contributed by atoms with Crippen molar-refractivity contribution >= 4 is 34.9 Å². The molecule has 0 atom stereocenters. The summed E-state index contributed by atoms with van der Waals surface area (Å²) in [5.74, 6) is 1.46. The van der Waals surface area contributed by atoms with Gasteiger partial charge in [-0.15, -0.1) is 0 Å². The minimum absolute atomic E-state index is 0.233. The fourth-order valence-electron chi connectivity index (χ4n) is 2.21. The third-order valence-corrected chi connectivity index (χ3v) is 4.04. The number of aryl methyl sites for hydroxylation is 1. The predicted octanol–water partition coefficient (Wildman–Crippen LogP) is 4.13. The van der Waals surface area contributed by atoms with Gasteiger partial charge in [0.1, 0.15) is 17.3 Å². The van der Waals surface area contributed by atoms with Crippen LogP contribution in [0.2, 0.25) is 10.0 Å². The molecule has 5 nitrogen and oxygen atoms in total. The summed E-state index contributed by atoms with van der Waals surface area (Å²) in [7, 11) is 0. The Morgan fingerprint density at radius 3 is 2.64 bits per heavy atom. The van der Waals surface area contributed by atoms with Crippen LogP contribution in [-0.2, 0) is 6.42 Å². The van der Waals surface area contributed by atoms with E-state index in [4.69, 9.17) is 23.2 Å². The first-order valence-electron chi connectivity index (χ1n) is 8.17. The van der Waals surface area contributed by atoms with E-state index in [1.807, 2.05) is 6.07 Å². The molecule has 0 fully saturated rings. The summed E-state index contributed by atoms with van der Waals surface area (Å²) in [6.45, 7) is 7.22. The summed E-state index contributed by atoms with van der Waals surface area (Å²) in [5, 5.41) is 7.26. The van der Waals surface area contributed by atoms with Crippen molar-refractivity contribution in [3.63, 3.8) is 0 Å². The molecule has 2 aromatic rings. The predicted molar refractivity (Wildman–Crippen MR) is 103 cm³/mol. The molecule has 2 rings (SSSR count). The van der Waals surface area contributed by atoms with Crippen LogP contribution in [0.5, 0.6) is 0 Å². The van der Waals surface area contributed by atoms with Gasteiger partial charge in [0.25, 0.3) is 5.91 Å². The Morgan fingerprint density at radius 2 is 1.96 bits per heavy atom. The molecule has 134 valence electrons. The van der Waals surface area contributed by atoms with E-state index in [2.05, 4.69) is 34.4 Å². The average Bonchev–Trinajstić information content (AvgIpc) is 2.54. The number of amides is 1. The molecule has 0 aliphatic heterocycles. The number of benzene rings is 1. The van der Waals surface area contributed by atoms with Crippen molar-refractivity contribution in [1.82, 2.24) is 15.3 Å². The fourth-order valence-corrected chi connectivity index (χ4v) is 2.71. The van der Waals surface area contributed by atoms with Crippen LogP contribution in [0.3, 0.4) is 0 Å². The number of carbonyl (C=O) groups is 1. The second-order valence-corrected chi connectivity index (χ2v) is 7.05. The zero-order valence-electron chi connectivity index (χ0n) is 14.6. The van der Waals surface area contributed by atoms with Gasteiger partial charge in [-0.2, -0.15) is 0 Å². The molecule has 1 heterocycles. The summed E-state index contributed by atoms with van der Waals surface area (Å²) in [6.07, 6.45) is 0.615. The Morgan fingerprint density at radius 1 is 1.20 bits per heavy atom. The Hall–Kier alpha value is -1.85. The first-order chi connectivity index (χ1) is 11.8. The van der Waals surface area contributed by atoms with Gasteiger partial charge in [-0.25, -0.2) is 9.97 Å². The van der Waals surface area contributed by atoms with Crippen molar-refractivity contribution in [3.05, 3.63) is 51.4 Å². The highest BCUT2D eigenvalue weighted by molar-refractivity contribution is 6.35. The molecule has 0 spiro atoms. The molecule has 0 bridgehead atoms. The SMILES string of the molecule is Cc1nc(NCC(C)C)cc(C(=O)NCCc2ccc(Cl)cc2Cl)n1. The highest BCUT2D eigenvalue weighted by Crippen LogP contribution is 2.21. The molecule has 0 saturated heterocycles. The molecule has 0 unspecified atom stereocenters. The van der Waals surface area contributed by atoms with Gasteiger partial charge in [0.15, 0.2) is 0 Å². The minimum atomic E-state index is -0.233. The molecule has 1 aromatic carbocycles. The maximum absolute atomic E-state index is 12.3. The van der Waals surface area contributed by atoms with Gasteiger partial charge in [0, 0.05) is 29.2 Å². The summed E-state index contributed by atoms with van der Waals surface area (Å²) >= 11 is 12.0. The van der Waals surface area contributed by atoms with Gasteiger partial charge in [0.2, 0.25) is 0 Å². The molecule has 2 N–H and O–H groups in total. The van der Waals surface area contributed by atoms with E-state index in [0.717, 1.165) is 12.1 Å². The molecule has 1 aromatic heterocycles. The van der Waals surface area contributed by atoms with Crippen molar-refractivity contribution in [2.24, 2.45) is 5.92 Å². The van der Waals surface area contributed by atoms with E-state index in [1.165, 1.54) is 0 Å². The molecule has 1 amide bonds. The van der Waals surface area contributed by atoms with E-state index in [1.54, 1.807) is 25.1 Å². The van der Waals surface area contributed by atoms with Crippen LogP contribution in [0.1, 0.15) is 35.7 Å². The molecule has 0 saturated carbocycles. The lowest BCUT2D eigenvalue weighted by Crippen LogP contribution is -2.27. The number of nitrogens with zero attached hydrogens (tertiary/aromatic N) is 2. The average molecular weight is 381 g/mol. The van der Waals surface area contributed by atoms with Crippen molar-refractivity contribution in [3.8, 4) is 0 Å². The molecule has 25 heavy (non-hydrogen) atoms. The largest absolute Gasteiger partial charge is 0.370 e. The highest BCUT2D eigenvalue weighted by Gasteiger charge is 2.11. The number of halogens is 2. The minimum Gasteiger partial charge on any atom is -0.370 e. The van der Waals surface area contributed by atoms with Gasteiger partial charge in [-0.1, -0.05) is 43.1 Å². The molecule has 0 radical (unpaired) electrons. The Balaban J connectivity index is 1.95. The molecule has 7 heteroatoms. The Kier molecular flexibility index (Phi) is 7.02. The van der Waals surface area contributed by atoms with Crippen LogP contribution in [-0.4, -0.2) is 29.0 Å². The second-order valence-electron chi connectivity index (χ2n) is 6.20. The summed E-state index contributed by atoms with van der Waals surface area (Å²) in [6, 6.07) is 7.01. The number of nitrogens with one attached hydrogen (secondary N) is 2. The van der Waals surface area contributed by atoms with Crippen molar-refractivity contribution < 1.29 is 4.79 Å². The number of carbonyl (C=O) groups excluding carboxylic acids is 1. The smallest absolute Gasteiger partial charge is 0.270 e. The number of rotatable bonds is 7. The summed E-state index contributed by atoms with van der Waals surface area (Å²) < 4.78 is 0. The monoisotopic (exact) mass is 380 g/mol. The Bertz CT molecular complexity index is 750. The third-order valence-electron chi connectivity index (χ3n) is 3.46. The highest BCUT2D eigenvalue weighted by atomic mass is 35.5. The number of aromatic nitrogens is 2. The fraction of sp³-hybridized carbons (Fsp3) is 0.389. The molecular weight excluding hydrogens is 359 g/mol. The maximum Gasteiger partial charge on any atom is 0.270 e. The quantitative estimate of drug-likeness (QED) is 0.757. The van der Waals surface area contributed by atoms with Crippen molar-refractivity contribution in [2.75, 3.05) is 18.4 Å². The van der Waals surface area contributed by atoms with Gasteiger partial charge >= 0.3 is 0 Å². The van der Waals surface area contributed by atoms with Crippen molar-refractivity contribution in [2.45, 2.75) is 27.2 Å². The Labute approximate surface area is 158 Å². The molecule has 0 aliphatic rings. The van der Waals surface area contributed by atoms with Crippen LogP contribution in [0.15, 0.2) is 24.3 Å². The first-order valence-corrected chi connectivity index (χ1v) is 8.92. The van der Waals surface area contributed by atoms with Gasteiger partial charge in [0.05, 0.1) is 0 Å². The number of hydrogen-bond donors (Lipinski definition) is 2. The normalized spacial score (nSPS) is 10.8. The lowest BCUT2D eigenvalue weighted by atomic mass is 10.1. The van der Waals surface area contributed by atoms with Crippen LogP contribution in [0.25, 0.3) is 0 Å². The number of anilines is 1. The van der Waals surface area contributed by atoms with Crippen LogP contribution in [0.4, 0.5) is 5.82 Å². The summed E-state index contributed by atoms with van der Waals surface area (Å²) in [4.78, 5) is 20.8. The molecule has 0 aliphatic carbocycles. The first kappa shape index (κ1) is 19.5. The van der Waals surface area contributed by atoms with Crippen molar-refractivity contribution in [1.29, 1.82) is 0 Å². The van der Waals surface area contributed by atoms with Crippen LogP contribution >= 0.6 is 23.2 Å². The van der Waals surface area contributed by atoms with E-state index in [-0.39, 0.29) is 5.91 Å². The van der Waals surface area contributed by atoms with E-state index in [0.29, 0.717) is 46.3 Å². The lowest BCUT2D eigenvalue weighted by molar-refractivity contribution is 0.0949. The topological polar surface area (TPSA) is 66.9 Å². The van der Waals surface area contributed by atoms with Gasteiger partial charge in [-0.05, 0) is 37.0 Å². The maximum atomic E-state index is 12.3. The number of hydrogen-bond acceptors (Lipinski definition) is 4. The second kappa shape index (κ2) is 9.02. The molecular formula is C18H22Cl2N4O. The van der Waals surface area contributed by atoms with E-state index in [9.17, 15) is 4.79 Å². The van der Waals surface area contributed by atoms with Crippen LogP contribution in [0, 0.1) is 12.8 Å². The zero-order chi connectivity index (χ0) is 18.4. The van der Waals surface area contributed by atoms with E-state index < -0.39 is 0 Å². The van der Waals surface area contributed by atoms with Gasteiger partial charge < -0.3 is 10.6 Å². The lowest BCUT2D eigenvalue weighted by Gasteiger charge is -2.11. The van der Waals surface area contributed by atoms with Gasteiger partial charge in [-0.3, -0.25) is 4.79 Å². The zero-order valence-corrected chi connectivity index (χ0v) is 16.1. The third kappa shape index (κ3) is 6.18.